The van der Waals surface area contributed by atoms with Crippen LogP contribution in [0.5, 0.6) is 0 Å². The number of anilines is 1. The van der Waals surface area contributed by atoms with Crippen LogP contribution in [0.3, 0.4) is 0 Å². The number of para-hydroxylation sites is 1. The number of fused-ring (bicyclic) bond motifs is 2. The maximum Gasteiger partial charge on any atom is 0.246 e. The quantitative estimate of drug-likeness (QED) is 0.627. The Kier molecular flexibility index (Phi) is 6.77. The van der Waals surface area contributed by atoms with E-state index < -0.39 is 0 Å². The number of carbonyl (C=O) groups is 2. The minimum absolute atomic E-state index is 0. The van der Waals surface area contributed by atoms with Crippen LogP contribution in [-0.2, 0) is 22.7 Å². The second kappa shape index (κ2) is 9.32. The SMILES string of the molecule is Cc1oc2ccccc2c1CN(C)C(=O)C=Cc1cnc2c(c1)CN(C)CC(=O)N2.Cl. The molecule has 4 rings (SSSR count). The number of nitrogens with zero attached hydrogens (tertiary/aromatic N) is 3. The fourth-order valence-electron chi connectivity index (χ4n) is 3.64. The number of amides is 2. The van der Waals surface area contributed by atoms with E-state index in [0.29, 0.717) is 25.5 Å². The molecular formula is C23H25ClN4O3. The minimum atomic E-state index is -0.111. The molecule has 1 aliphatic heterocycles. The maximum absolute atomic E-state index is 12.7. The standard InChI is InChI=1S/C23H24N4O3.ClH/c1-15-19(18-6-4-5-7-20(18)30-15)13-27(3)22(29)9-8-16-10-17-12-26(2)14-21(28)25-23(17)24-11-16;/h4-11H,12-14H2,1-3H3,(H,24,25,28);1H. The molecule has 0 bridgehead atoms. The summed E-state index contributed by atoms with van der Waals surface area (Å²) in [5, 5.41) is 3.84. The van der Waals surface area contributed by atoms with Crippen molar-refractivity contribution in [3.63, 3.8) is 0 Å². The van der Waals surface area contributed by atoms with Crippen LogP contribution >= 0.6 is 12.4 Å². The van der Waals surface area contributed by atoms with E-state index in [0.717, 1.165) is 33.4 Å². The summed E-state index contributed by atoms with van der Waals surface area (Å²) in [5.41, 5.74) is 3.58. The van der Waals surface area contributed by atoms with E-state index in [4.69, 9.17) is 4.42 Å². The summed E-state index contributed by atoms with van der Waals surface area (Å²) in [6, 6.07) is 9.78. The number of rotatable bonds is 4. The molecule has 162 valence electrons. The smallest absolute Gasteiger partial charge is 0.246 e. The summed E-state index contributed by atoms with van der Waals surface area (Å²) in [6.07, 6.45) is 4.95. The molecule has 0 spiro atoms. The number of pyridine rings is 1. The third-order valence-corrected chi connectivity index (χ3v) is 5.19. The van der Waals surface area contributed by atoms with Crippen molar-refractivity contribution in [2.75, 3.05) is 26.0 Å². The van der Waals surface area contributed by atoms with E-state index in [1.54, 1.807) is 30.3 Å². The van der Waals surface area contributed by atoms with E-state index in [9.17, 15) is 9.59 Å². The number of aromatic nitrogens is 1. The molecule has 0 radical (unpaired) electrons. The van der Waals surface area contributed by atoms with E-state index in [2.05, 4.69) is 10.3 Å². The molecule has 1 aromatic carbocycles. The van der Waals surface area contributed by atoms with E-state index in [-0.39, 0.29) is 24.2 Å². The van der Waals surface area contributed by atoms with Crippen molar-refractivity contribution in [2.45, 2.75) is 20.0 Å². The zero-order valence-electron chi connectivity index (χ0n) is 17.7. The Balaban J connectivity index is 0.00000272. The third-order valence-electron chi connectivity index (χ3n) is 5.19. The summed E-state index contributed by atoms with van der Waals surface area (Å²) in [5.74, 6) is 1.21. The van der Waals surface area contributed by atoms with Crippen LogP contribution < -0.4 is 5.32 Å². The second-order valence-electron chi connectivity index (χ2n) is 7.66. The number of benzene rings is 1. The average Bonchev–Trinajstić information content (AvgIpc) is 2.93. The van der Waals surface area contributed by atoms with E-state index in [1.807, 2.05) is 49.2 Å². The Bertz CT molecular complexity index is 1150. The topological polar surface area (TPSA) is 78.7 Å². The van der Waals surface area contributed by atoms with Gasteiger partial charge in [0.25, 0.3) is 0 Å². The highest BCUT2D eigenvalue weighted by Gasteiger charge is 2.18. The van der Waals surface area contributed by atoms with Crippen LogP contribution in [0.4, 0.5) is 5.82 Å². The molecule has 7 nitrogen and oxygen atoms in total. The van der Waals surface area contributed by atoms with Gasteiger partial charge in [0.2, 0.25) is 11.8 Å². The van der Waals surface area contributed by atoms with Crippen molar-refractivity contribution in [1.29, 1.82) is 0 Å². The van der Waals surface area contributed by atoms with Gasteiger partial charge in [0.1, 0.15) is 17.2 Å². The lowest BCUT2D eigenvalue weighted by Gasteiger charge is -2.15. The molecule has 8 heteroatoms. The molecule has 1 aliphatic rings. The van der Waals surface area contributed by atoms with Gasteiger partial charge in [-0.05, 0) is 37.7 Å². The molecule has 3 heterocycles. The minimum Gasteiger partial charge on any atom is -0.461 e. The van der Waals surface area contributed by atoms with Gasteiger partial charge in [0.15, 0.2) is 0 Å². The molecule has 0 fully saturated rings. The molecule has 0 saturated carbocycles. The second-order valence-corrected chi connectivity index (χ2v) is 7.66. The first-order valence-electron chi connectivity index (χ1n) is 9.78. The molecule has 3 aromatic rings. The van der Waals surface area contributed by atoms with E-state index >= 15 is 0 Å². The van der Waals surface area contributed by atoms with Gasteiger partial charge in [-0.15, -0.1) is 12.4 Å². The van der Waals surface area contributed by atoms with Gasteiger partial charge in [-0.25, -0.2) is 4.98 Å². The third kappa shape index (κ3) is 4.95. The number of hydrogen-bond donors (Lipinski definition) is 1. The van der Waals surface area contributed by atoms with E-state index in [1.165, 1.54) is 0 Å². The molecule has 0 unspecified atom stereocenters. The van der Waals surface area contributed by atoms with Crippen molar-refractivity contribution in [2.24, 2.45) is 0 Å². The highest BCUT2D eigenvalue weighted by atomic mass is 35.5. The fourth-order valence-corrected chi connectivity index (χ4v) is 3.64. The van der Waals surface area contributed by atoms with Crippen LogP contribution in [0.15, 0.2) is 47.0 Å². The number of nitrogens with one attached hydrogen (secondary N) is 1. The predicted molar refractivity (Wildman–Crippen MR) is 123 cm³/mol. The fraction of sp³-hybridized carbons (Fsp3) is 0.261. The number of hydrogen-bond acceptors (Lipinski definition) is 5. The lowest BCUT2D eigenvalue weighted by molar-refractivity contribution is -0.125. The van der Waals surface area contributed by atoms with Crippen LogP contribution in [0, 0.1) is 6.92 Å². The summed E-state index contributed by atoms with van der Waals surface area (Å²) in [7, 11) is 3.66. The highest BCUT2D eigenvalue weighted by molar-refractivity contribution is 5.94. The van der Waals surface area contributed by atoms with Gasteiger partial charge in [-0.2, -0.15) is 0 Å². The zero-order valence-corrected chi connectivity index (χ0v) is 18.5. The van der Waals surface area contributed by atoms with Gasteiger partial charge in [0.05, 0.1) is 6.54 Å². The number of likely N-dealkylation sites (N-methyl/N-ethyl adjacent to an activating group) is 2. The van der Waals surface area contributed by atoms with Crippen LogP contribution in [0.25, 0.3) is 17.0 Å². The summed E-state index contributed by atoms with van der Waals surface area (Å²) in [6.45, 7) is 3.32. The first-order chi connectivity index (χ1) is 14.4. The Morgan fingerprint density at radius 1 is 1.32 bits per heavy atom. The maximum atomic E-state index is 12.7. The Labute approximate surface area is 187 Å². The largest absolute Gasteiger partial charge is 0.461 e. The van der Waals surface area contributed by atoms with Gasteiger partial charge in [-0.1, -0.05) is 18.2 Å². The molecule has 31 heavy (non-hydrogen) atoms. The van der Waals surface area contributed by atoms with Crippen LogP contribution in [0.1, 0.15) is 22.5 Å². The van der Waals surface area contributed by atoms with Gasteiger partial charge in [0, 0.05) is 48.9 Å². The molecule has 0 atom stereocenters. The Hall–Kier alpha value is -3.16. The summed E-state index contributed by atoms with van der Waals surface area (Å²) in [4.78, 5) is 32.4. The van der Waals surface area contributed by atoms with Crippen molar-refractivity contribution in [1.82, 2.24) is 14.8 Å². The highest BCUT2D eigenvalue weighted by Crippen LogP contribution is 2.26. The monoisotopic (exact) mass is 440 g/mol. The summed E-state index contributed by atoms with van der Waals surface area (Å²) >= 11 is 0. The molecule has 1 N–H and O–H groups in total. The van der Waals surface area contributed by atoms with Gasteiger partial charge < -0.3 is 14.6 Å². The molecule has 0 saturated heterocycles. The normalized spacial score (nSPS) is 14.1. The van der Waals surface area contributed by atoms with Gasteiger partial charge >= 0.3 is 0 Å². The van der Waals surface area contributed by atoms with Crippen LogP contribution in [0.2, 0.25) is 0 Å². The average molecular weight is 441 g/mol. The zero-order chi connectivity index (χ0) is 21.3. The van der Waals surface area contributed by atoms with Crippen LogP contribution in [-0.4, -0.2) is 47.2 Å². The molecule has 2 amide bonds. The Morgan fingerprint density at radius 2 is 2.10 bits per heavy atom. The lowest BCUT2D eigenvalue weighted by atomic mass is 10.1. The first kappa shape index (κ1) is 22.5. The number of carbonyl (C=O) groups excluding carboxylic acids is 2. The Morgan fingerprint density at radius 3 is 2.90 bits per heavy atom. The lowest BCUT2D eigenvalue weighted by Crippen LogP contribution is -2.26. The van der Waals surface area contributed by atoms with Crippen molar-refractivity contribution < 1.29 is 14.0 Å². The van der Waals surface area contributed by atoms with Crippen molar-refractivity contribution in [3.05, 3.63) is 65.1 Å². The predicted octanol–water partition coefficient (Wildman–Crippen LogP) is 3.61. The summed E-state index contributed by atoms with van der Waals surface area (Å²) < 4.78 is 5.79. The van der Waals surface area contributed by atoms with Gasteiger partial charge in [-0.3, -0.25) is 14.5 Å². The number of aryl methyl sites for hydroxylation is 1. The molecular weight excluding hydrogens is 416 g/mol. The van der Waals surface area contributed by atoms with Crippen molar-refractivity contribution >= 4 is 47.1 Å². The molecule has 2 aromatic heterocycles. The van der Waals surface area contributed by atoms with Crippen molar-refractivity contribution in [3.8, 4) is 0 Å². The number of furan rings is 1. The molecule has 0 aliphatic carbocycles. The number of halogens is 1. The first-order valence-corrected chi connectivity index (χ1v) is 9.78.